The van der Waals surface area contributed by atoms with Crippen LogP contribution in [0.25, 0.3) is 0 Å². The molecule has 0 aliphatic rings. The van der Waals surface area contributed by atoms with Crippen molar-refractivity contribution in [3.05, 3.63) is 58.1 Å². The highest BCUT2D eigenvalue weighted by atomic mass is 35.5. The number of hydrogen-bond donors (Lipinski definition) is 2. The molecule has 144 valence electrons. The maximum absolute atomic E-state index is 12.5. The van der Waals surface area contributed by atoms with E-state index in [-0.39, 0.29) is 30.5 Å². The Hall–Kier alpha value is -2.24. The Labute approximate surface area is 168 Å². The van der Waals surface area contributed by atoms with Gasteiger partial charge in [-0.2, -0.15) is 0 Å². The summed E-state index contributed by atoms with van der Waals surface area (Å²) >= 11 is 11.9. The number of para-hydroxylation sites is 1. The Morgan fingerprint density at radius 2 is 1.89 bits per heavy atom. The second-order valence-corrected chi connectivity index (χ2v) is 6.96. The molecule has 5 nitrogen and oxygen atoms in total. The van der Waals surface area contributed by atoms with Gasteiger partial charge in [-0.05, 0) is 42.7 Å². The van der Waals surface area contributed by atoms with E-state index in [0.717, 1.165) is 6.42 Å². The van der Waals surface area contributed by atoms with E-state index < -0.39 is 0 Å². The molecule has 2 aromatic carbocycles. The average Bonchev–Trinajstić information content (AvgIpc) is 2.63. The fraction of sp³-hybridized carbons (Fsp3) is 0.300. The van der Waals surface area contributed by atoms with Gasteiger partial charge in [0.15, 0.2) is 0 Å². The summed E-state index contributed by atoms with van der Waals surface area (Å²) in [6.45, 7) is 2.35. The fourth-order valence-corrected chi connectivity index (χ4v) is 3.09. The van der Waals surface area contributed by atoms with Crippen molar-refractivity contribution in [2.45, 2.75) is 26.2 Å². The number of rotatable bonds is 8. The zero-order valence-corrected chi connectivity index (χ0v) is 16.6. The number of benzene rings is 2. The summed E-state index contributed by atoms with van der Waals surface area (Å²) in [5.41, 5.74) is 1.16. The van der Waals surface area contributed by atoms with Gasteiger partial charge in [-0.25, -0.2) is 0 Å². The average molecular weight is 409 g/mol. The van der Waals surface area contributed by atoms with Crippen molar-refractivity contribution in [3.8, 4) is 5.75 Å². The summed E-state index contributed by atoms with van der Waals surface area (Å²) in [6.07, 6.45) is 1.36. The van der Waals surface area contributed by atoms with E-state index >= 15 is 0 Å². The Kier molecular flexibility index (Phi) is 7.95. The number of anilines is 1. The van der Waals surface area contributed by atoms with Gasteiger partial charge in [0, 0.05) is 18.0 Å². The van der Waals surface area contributed by atoms with Crippen LogP contribution in [-0.2, 0) is 16.0 Å². The van der Waals surface area contributed by atoms with Crippen LogP contribution in [0.5, 0.6) is 5.75 Å². The number of hydrogen-bond acceptors (Lipinski definition) is 3. The summed E-state index contributed by atoms with van der Waals surface area (Å²) in [7, 11) is 0. The first-order valence-corrected chi connectivity index (χ1v) is 9.45. The number of carbonyl (C=O) groups is 2. The minimum Gasteiger partial charge on any atom is -0.508 e. The molecule has 2 aromatic rings. The maximum atomic E-state index is 12.5. The van der Waals surface area contributed by atoms with Crippen molar-refractivity contribution < 1.29 is 14.7 Å². The van der Waals surface area contributed by atoms with Crippen molar-refractivity contribution in [2.24, 2.45) is 0 Å². The summed E-state index contributed by atoms with van der Waals surface area (Å²) in [5.74, 6) is -0.302. The summed E-state index contributed by atoms with van der Waals surface area (Å²) in [4.78, 5) is 26.4. The molecule has 27 heavy (non-hydrogen) atoms. The number of phenolic OH excluding ortho intramolecular Hbond substituents is 1. The van der Waals surface area contributed by atoms with Gasteiger partial charge in [-0.15, -0.1) is 0 Å². The first-order chi connectivity index (χ1) is 12.9. The van der Waals surface area contributed by atoms with E-state index in [1.165, 1.54) is 4.90 Å². The fourth-order valence-electron chi connectivity index (χ4n) is 2.64. The van der Waals surface area contributed by atoms with E-state index in [9.17, 15) is 14.7 Å². The number of phenols is 1. The van der Waals surface area contributed by atoms with Crippen molar-refractivity contribution in [1.82, 2.24) is 4.90 Å². The molecule has 0 fully saturated rings. The third kappa shape index (κ3) is 6.45. The Bertz CT molecular complexity index is 812. The molecule has 0 heterocycles. The second-order valence-electron chi connectivity index (χ2n) is 6.12. The van der Waals surface area contributed by atoms with Crippen molar-refractivity contribution in [1.29, 1.82) is 0 Å². The van der Waals surface area contributed by atoms with Crippen LogP contribution in [0.15, 0.2) is 42.5 Å². The summed E-state index contributed by atoms with van der Waals surface area (Å²) in [5, 5.41) is 13.3. The van der Waals surface area contributed by atoms with Crippen molar-refractivity contribution in [2.75, 3.05) is 18.4 Å². The van der Waals surface area contributed by atoms with Crippen LogP contribution in [0.1, 0.15) is 25.3 Å². The van der Waals surface area contributed by atoms with Crippen molar-refractivity contribution >= 4 is 40.7 Å². The molecule has 0 unspecified atom stereocenters. The van der Waals surface area contributed by atoms with Gasteiger partial charge >= 0.3 is 0 Å². The van der Waals surface area contributed by atoms with Gasteiger partial charge in [0.1, 0.15) is 5.75 Å². The number of halogens is 2. The molecule has 2 N–H and O–H groups in total. The number of amides is 2. The molecule has 0 aromatic heterocycles. The monoisotopic (exact) mass is 408 g/mol. The standard InChI is InChI=1S/C20H22Cl2N2O3/c1-2-11-24(20(27)10-7-14-5-3-4-6-18(14)25)13-19(26)23-17-9-8-15(21)12-16(17)22/h3-6,8-9,12,25H,2,7,10-11,13H2,1H3,(H,23,26). The molecular weight excluding hydrogens is 387 g/mol. The number of nitrogens with one attached hydrogen (secondary N) is 1. The molecule has 7 heteroatoms. The van der Waals surface area contributed by atoms with Crippen LogP contribution >= 0.6 is 23.2 Å². The van der Waals surface area contributed by atoms with Crippen LogP contribution in [0.2, 0.25) is 10.0 Å². The molecule has 2 amide bonds. The largest absolute Gasteiger partial charge is 0.508 e. The zero-order valence-electron chi connectivity index (χ0n) is 15.0. The van der Waals surface area contributed by atoms with Crippen LogP contribution in [0, 0.1) is 0 Å². The van der Waals surface area contributed by atoms with Gasteiger partial charge in [0.25, 0.3) is 0 Å². The van der Waals surface area contributed by atoms with Crippen molar-refractivity contribution in [3.63, 3.8) is 0 Å². The Balaban J connectivity index is 1.95. The van der Waals surface area contributed by atoms with Crippen LogP contribution < -0.4 is 5.32 Å². The quantitative estimate of drug-likeness (QED) is 0.674. The van der Waals surface area contributed by atoms with Crippen LogP contribution in [0.3, 0.4) is 0 Å². The zero-order chi connectivity index (χ0) is 19.8. The lowest BCUT2D eigenvalue weighted by Gasteiger charge is -2.22. The van der Waals surface area contributed by atoms with E-state index in [1.807, 2.05) is 13.0 Å². The van der Waals surface area contributed by atoms with Gasteiger partial charge in [0.05, 0.1) is 17.3 Å². The van der Waals surface area contributed by atoms with E-state index in [4.69, 9.17) is 23.2 Å². The third-order valence-corrected chi connectivity index (χ3v) is 4.53. The Morgan fingerprint density at radius 1 is 1.15 bits per heavy atom. The number of aryl methyl sites for hydroxylation is 1. The molecule has 0 spiro atoms. The van der Waals surface area contributed by atoms with Crippen LogP contribution in [0.4, 0.5) is 5.69 Å². The topological polar surface area (TPSA) is 69.6 Å². The second kappa shape index (κ2) is 10.2. The number of carbonyl (C=O) groups excluding carboxylic acids is 2. The van der Waals surface area contributed by atoms with Gasteiger partial charge in [0.2, 0.25) is 11.8 Å². The molecule has 0 aliphatic heterocycles. The third-order valence-electron chi connectivity index (χ3n) is 3.99. The first-order valence-electron chi connectivity index (χ1n) is 8.70. The van der Waals surface area contributed by atoms with Gasteiger partial charge in [-0.3, -0.25) is 9.59 Å². The lowest BCUT2D eigenvalue weighted by atomic mass is 10.1. The molecular formula is C20H22Cl2N2O3. The molecule has 0 saturated carbocycles. The predicted octanol–water partition coefficient (Wildman–Crippen LogP) is 4.51. The summed E-state index contributed by atoms with van der Waals surface area (Å²) in [6, 6.07) is 11.7. The molecule has 0 bridgehead atoms. The lowest BCUT2D eigenvalue weighted by molar-refractivity contribution is -0.134. The normalized spacial score (nSPS) is 10.5. The SMILES string of the molecule is CCCN(CC(=O)Nc1ccc(Cl)cc1Cl)C(=O)CCc1ccccc1O. The van der Waals surface area contributed by atoms with Crippen LogP contribution in [-0.4, -0.2) is 34.9 Å². The highest BCUT2D eigenvalue weighted by Gasteiger charge is 2.17. The smallest absolute Gasteiger partial charge is 0.244 e. The van der Waals surface area contributed by atoms with E-state index in [0.29, 0.717) is 34.3 Å². The molecule has 0 saturated heterocycles. The molecule has 0 radical (unpaired) electrons. The van der Waals surface area contributed by atoms with E-state index in [1.54, 1.807) is 36.4 Å². The number of aromatic hydroxyl groups is 1. The van der Waals surface area contributed by atoms with Gasteiger partial charge < -0.3 is 15.3 Å². The lowest BCUT2D eigenvalue weighted by Crippen LogP contribution is -2.38. The summed E-state index contributed by atoms with van der Waals surface area (Å²) < 4.78 is 0. The predicted molar refractivity (Wildman–Crippen MR) is 108 cm³/mol. The first kappa shape index (κ1) is 21.1. The minimum absolute atomic E-state index is 0.0631. The molecule has 2 rings (SSSR count). The Morgan fingerprint density at radius 3 is 2.56 bits per heavy atom. The highest BCUT2D eigenvalue weighted by molar-refractivity contribution is 6.36. The minimum atomic E-state index is -0.330. The number of nitrogens with zero attached hydrogens (tertiary/aromatic N) is 1. The van der Waals surface area contributed by atoms with Gasteiger partial charge in [-0.1, -0.05) is 48.3 Å². The maximum Gasteiger partial charge on any atom is 0.244 e. The highest BCUT2D eigenvalue weighted by Crippen LogP contribution is 2.25. The molecule has 0 atom stereocenters. The van der Waals surface area contributed by atoms with E-state index in [2.05, 4.69) is 5.32 Å². The molecule has 0 aliphatic carbocycles.